The van der Waals surface area contributed by atoms with Crippen molar-refractivity contribution in [2.45, 2.75) is 13.0 Å². The largest absolute Gasteiger partial charge is 0.467 e. The lowest BCUT2D eigenvalue weighted by Gasteiger charge is -2.01. The van der Waals surface area contributed by atoms with Gasteiger partial charge >= 0.3 is 5.97 Å². The van der Waals surface area contributed by atoms with Gasteiger partial charge in [-0.1, -0.05) is 35.9 Å². The van der Waals surface area contributed by atoms with Crippen molar-refractivity contribution in [1.29, 1.82) is 0 Å². The number of hydrogen-bond acceptors (Lipinski definition) is 3. The number of hydrogen-bond donors (Lipinski definition) is 1. The lowest BCUT2D eigenvalue weighted by Crippen LogP contribution is -2.18. The normalized spacial score (nSPS) is 12.7. The van der Waals surface area contributed by atoms with E-state index < -0.39 is 12.1 Å². The summed E-state index contributed by atoms with van der Waals surface area (Å²) in [7, 11) is 1.24. The second-order valence-corrected chi connectivity index (χ2v) is 3.24. The van der Waals surface area contributed by atoms with E-state index in [0.717, 1.165) is 5.56 Å². The quantitative estimate of drug-likeness (QED) is 0.763. The molecule has 0 aliphatic carbocycles. The van der Waals surface area contributed by atoms with Crippen LogP contribution in [0.5, 0.6) is 0 Å². The Morgan fingerprint density at radius 3 is 2.53 bits per heavy atom. The Morgan fingerprint density at radius 2 is 2.00 bits per heavy atom. The Labute approximate surface area is 89.0 Å². The summed E-state index contributed by atoms with van der Waals surface area (Å²) in [5.74, 6) is -0.654. The van der Waals surface area contributed by atoms with Crippen LogP contribution in [-0.4, -0.2) is 24.3 Å². The first-order chi connectivity index (χ1) is 7.13. The molecule has 0 bridgehead atoms. The van der Waals surface area contributed by atoms with Crippen molar-refractivity contribution in [2.75, 3.05) is 7.11 Å². The predicted octanol–water partition coefficient (Wildman–Crippen LogP) is 1.54. The maximum Gasteiger partial charge on any atom is 0.338 e. The van der Waals surface area contributed by atoms with Gasteiger partial charge in [0.1, 0.15) is 0 Å². The zero-order chi connectivity index (χ0) is 11.3. The van der Waals surface area contributed by atoms with Gasteiger partial charge in [0.25, 0.3) is 0 Å². The Bertz CT molecular complexity index is 352. The number of rotatable bonds is 3. The monoisotopic (exact) mass is 206 g/mol. The van der Waals surface area contributed by atoms with Gasteiger partial charge in [-0.05, 0) is 18.6 Å². The highest BCUT2D eigenvalue weighted by Crippen LogP contribution is 2.05. The fourth-order valence-corrected chi connectivity index (χ4v) is 1.08. The van der Waals surface area contributed by atoms with Crippen LogP contribution < -0.4 is 0 Å². The molecule has 0 aliphatic rings. The first-order valence-corrected chi connectivity index (χ1v) is 4.64. The molecule has 3 nitrogen and oxygen atoms in total. The molecule has 0 spiro atoms. The first-order valence-electron chi connectivity index (χ1n) is 4.64. The molecule has 1 unspecified atom stereocenters. The van der Waals surface area contributed by atoms with Gasteiger partial charge in [-0.25, -0.2) is 4.79 Å². The minimum Gasteiger partial charge on any atom is -0.467 e. The Hall–Kier alpha value is -1.61. The third-order valence-corrected chi connectivity index (χ3v) is 1.99. The van der Waals surface area contributed by atoms with Crippen LogP contribution in [0.15, 0.2) is 30.3 Å². The molecular formula is C12H14O3. The average Bonchev–Trinajstić information content (AvgIpc) is 2.26. The van der Waals surface area contributed by atoms with E-state index in [4.69, 9.17) is 0 Å². The van der Waals surface area contributed by atoms with Crippen molar-refractivity contribution in [3.05, 3.63) is 41.5 Å². The van der Waals surface area contributed by atoms with Crippen LogP contribution in [0, 0.1) is 6.92 Å². The molecule has 15 heavy (non-hydrogen) atoms. The van der Waals surface area contributed by atoms with E-state index in [-0.39, 0.29) is 0 Å². The van der Waals surface area contributed by atoms with E-state index in [1.54, 1.807) is 6.08 Å². The van der Waals surface area contributed by atoms with Crippen LogP contribution in [0.25, 0.3) is 6.08 Å². The Balaban J connectivity index is 2.65. The van der Waals surface area contributed by atoms with E-state index in [1.165, 1.54) is 18.7 Å². The highest BCUT2D eigenvalue weighted by Gasteiger charge is 2.09. The summed E-state index contributed by atoms with van der Waals surface area (Å²) < 4.78 is 4.38. The van der Waals surface area contributed by atoms with Crippen molar-refractivity contribution in [1.82, 2.24) is 0 Å². The Morgan fingerprint density at radius 1 is 1.40 bits per heavy atom. The predicted molar refractivity (Wildman–Crippen MR) is 58.2 cm³/mol. The fraction of sp³-hybridized carbons (Fsp3) is 0.250. The van der Waals surface area contributed by atoms with Crippen molar-refractivity contribution >= 4 is 12.0 Å². The molecule has 0 saturated heterocycles. The van der Waals surface area contributed by atoms with Crippen LogP contribution in [0.2, 0.25) is 0 Å². The maximum atomic E-state index is 10.9. The summed E-state index contributed by atoms with van der Waals surface area (Å²) in [5, 5.41) is 9.27. The average molecular weight is 206 g/mol. The summed E-state index contributed by atoms with van der Waals surface area (Å²) >= 11 is 0. The lowest BCUT2D eigenvalue weighted by atomic mass is 10.1. The molecule has 0 aliphatic heterocycles. The highest BCUT2D eigenvalue weighted by molar-refractivity contribution is 5.77. The zero-order valence-corrected chi connectivity index (χ0v) is 8.81. The number of methoxy groups -OCH3 is 1. The van der Waals surface area contributed by atoms with Gasteiger partial charge in [0.05, 0.1) is 7.11 Å². The van der Waals surface area contributed by atoms with Crippen LogP contribution in [0.4, 0.5) is 0 Å². The number of benzene rings is 1. The van der Waals surface area contributed by atoms with Crippen molar-refractivity contribution in [3.63, 3.8) is 0 Å². The molecule has 80 valence electrons. The molecule has 0 aromatic heterocycles. The SMILES string of the molecule is COC(=O)C(O)/C=C/c1ccc(C)cc1. The number of aliphatic hydroxyl groups excluding tert-OH is 1. The van der Waals surface area contributed by atoms with E-state index in [1.807, 2.05) is 31.2 Å². The smallest absolute Gasteiger partial charge is 0.338 e. The molecule has 1 aromatic rings. The van der Waals surface area contributed by atoms with Gasteiger partial charge in [0.2, 0.25) is 0 Å². The Kier molecular flexibility index (Phi) is 4.06. The highest BCUT2D eigenvalue weighted by atomic mass is 16.5. The number of ether oxygens (including phenoxy) is 1. The molecule has 0 saturated carbocycles. The zero-order valence-electron chi connectivity index (χ0n) is 8.81. The second-order valence-electron chi connectivity index (χ2n) is 3.24. The number of carbonyl (C=O) groups excluding carboxylic acids is 1. The van der Waals surface area contributed by atoms with Gasteiger partial charge in [-0.2, -0.15) is 0 Å². The summed E-state index contributed by atoms with van der Waals surface area (Å²) in [5.41, 5.74) is 2.10. The first kappa shape index (κ1) is 11.5. The molecule has 0 radical (unpaired) electrons. The third kappa shape index (κ3) is 3.56. The number of aliphatic hydroxyl groups is 1. The topological polar surface area (TPSA) is 46.5 Å². The summed E-state index contributed by atoms with van der Waals surface area (Å²) in [6.45, 7) is 2.00. The van der Waals surface area contributed by atoms with Gasteiger partial charge in [0.15, 0.2) is 6.10 Å². The molecule has 3 heteroatoms. The minimum absolute atomic E-state index is 0.654. The number of esters is 1. The molecule has 1 N–H and O–H groups in total. The fourth-order valence-electron chi connectivity index (χ4n) is 1.08. The van der Waals surface area contributed by atoms with Crippen molar-refractivity contribution < 1.29 is 14.6 Å². The minimum atomic E-state index is -1.20. The molecule has 1 atom stereocenters. The summed E-state index contributed by atoms with van der Waals surface area (Å²) in [4.78, 5) is 10.9. The maximum absolute atomic E-state index is 10.9. The molecule has 0 heterocycles. The molecule has 1 rings (SSSR count). The van der Waals surface area contributed by atoms with Crippen LogP contribution in [-0.2, 0) is 9.53 Å². The van der Waals surface area contributed by atoms with Gasteiger partial charge < -0.3 is 9.84 Å². The van der Waals surface area contributed by atoms with E-state index >= 15 is 0 Å². The van der Waals surface area contributed by atoms with E-state index in [0.29, 0.717) is 0 Å². The third-order valence-electron chi connectivity index (χ3n) is 1.99. The summed E-state index contributed by atoms with van der Waals surface area (Å²) in [6.07, 6.45) is 1.88. The molecule has 0 fully saturated rings. The molecular weight excluding hydrogens is 192 g/mol. The second kappa shape index (κ2) is 5.32. The summed E-state index contributed by atoms with van der Waals surface area (Å²) in [6, 6.07) is 7.75. The van der Waals surface area contributed by atoms with Gasteiger partial charge in [0, 0.05) is 0 Å². The van der Waals surface area contributed by atoms with Crippen molar-refractivity contribution in [2.24, 2.45) is 0 Å². The van der Waals surface area contributed by atoms with Crippen LogP contribution >= 0.6 is 0 Å². The van der Waals surface area contributed by atoms with E-state index in [2.05, 4.69) is 4.74 Å². The molecule has 1 aromatic carbocycles. The van der Waals surface area contributed by atoms with Gasteiger partial charge in [-0.15, -0.1) is 0 Å². The standard InChI is InChI=1S/C12H14O3/c1-9-3-5-10(6-4-9)7-8-11(13)12(14)15-2/h3-8,11,13H,1-2H3/b8-7+. The lowest BCUT2D eigenvalue weighted by molar-refractivity contribution is -0.147. The van der Waals surface area contributed by atoms with Crippen LogP contribution in [0.3, 0.4) is 0 Å². The van der Waals surface area contributed by atoms with Crippen LogP contribution in [0.1, 0.15) is 11.1 Å². The number of carbonyl (C=O) groups is 1. The van der Waals surface area contributed by atoms with Crippen molar-refractivity contribution in [3.8, 4) is 0 Å². The molecule has 0 amide bonds. The van der Waals surface area contributed by atoms with E-state index in [9.17, 15) is 9.90 Å². The number of aryl methyl sites for hydroxylation is 1. The van der Waals surface area contributed by atoms with Gasteiger partial charge in [-0.3, -0.25) is 0 Å².